The van der Waals surface area contributed by atoms with E-state index in [0.717, 1.165) is 5.25 Å². The van der Waals surface area contributed by atoms with Gasteiger partial charge in [-0.25, -0.2) is 0 Å². The summed E-state index contributed by atoms with van der Waals surface area (Å²) in [5, 5.41) is 1.04. The third-order valence-corrected chi connectivity index (χ3v) is 5.16. The van der Waals surface area contributed by atoms with Crippen molar-refractivity contribution in [2.24, 2.45) is 0 Å². The fraction of sp³-hybridized carbons (Fsp3) is 0.625. The second-order valence-electron chi connectivity index (χ2n) is 2.77. The van der Waals surface area contributed by atoms with E-state index in [1.165, 1.54) is 24.2 Å². The standard InChI is InChI=1S/C8H12S/c1-3-9-7-4-6(2)8(9)5-7/h7H,2-5H2,1H3. The minimum absolute atomic E-state index is 0.705. The summed E-state index contributed by atoms with van der Waals surface area (Å²) in [5.74, 6) is 1.37. The Morgan fingerprint density at radius 3 is 2.67 bits per heavy atom. The Bertz CT molecular complexity index is 201. The number of fused-ring (bicyclic) bond motifs is 1. The van der Waals surface area contributed by atoms with E-state index in [4.69, 9.17) is 0 Å². The molecule has 2 heterocycles. The Balaban J connectivity index is 2.35. The summed E-state index contributed by atoms with van der Waals surface area (Å²) < 4.78 is 0. The van der Waals surface area contributed by atoms with Gasteiger partial charge in [0, 0.05) is 5.25 Å². The van der Waals surface area contributed by atoms with Crippen LogP contribution in [0.15, 0.2) is 12.2 Å². The van der Waals surface area contributed by atoms with Crippen LogP contribution in [0.4, 0.5) is 0 Å². The summed E-state index contributed by atoms with van der Waals surface area (Å²) in [7, 11) is 0.705. The first-order valence-corrected chi connectivity index (χ1v) is 5.02. The number of rotatable bonds is 1. The predicted molar refractivity (Wildman–Crippen MR) is 45.3 cm³/mol. The van der Waals surface area contributed by atoms with Crippen molar-refractivity contribution in [2.45, 2.75) is 25.0 Å². The highest BCUT2D eigenvalue weighted by molar-refractivity contribution is 8.18. The first-order chi connectivity index (χ1) is 4.33. The fourth-order valence-corrected chi connectivity index (χ4v) is 4.38. The fourth-order valence-electron chi connectivity index (χ4n) is 1.82. The van der Waals surface area contributed by atoms with Gasteiger partial charge in [-0.2, -0.15) is 10.5 Å². The lowest BCUT2D eigenvalue weighted by Gasteiger charge is -2.23. The van der Waals surface area contributed by atoms with Crippen LogP contribution in [0, 0.1) is 0 Å². The van der Waals surface area contributed by atoms with Crippen molar-refractivity contribution in [3.05, 3.63) is 12.2 Å². The van der Waals surface area contributed by atoms with Crippen LogP contribution in [-0.4, -0.2) is 15.9 Å². The van der Waals surface area contributed by atoms with E-state index in [2.05, 4.69) is 13.5 Å². The maximum Gasteiger partial charge on any atom is 0.00858 e. The molecule has 0 saturated heterocycles. The van der Waals surface area contributed by atoms with E-state index in [9.17, 15) is 0 Å². The van der Waals surface area contributed by atoms with E-state index in [0.29, 0.717) is 10.5 Å². The topological polar surface area (TPSA) is 0 Å². The van der Waals surface area contributed by atoms with Crippen molar-refractivity contribution in [3.63, 3.8) is 0 Å². The highest BCUT2D eigenvalue weighted by atomic mass is 32.2. The average molecular weight is 140 g/mol. The SMILES string of the molecule is C=C1CC2CC1=S2CC. The molecule has 3 aliphatic rings. The summed E-state index contributed by atoms with van der Waals surface area (Å²) in [6, 6.07) is 0. The van der Waals surface area contributed by atoms with E-state index in [1.807, 2.05) is 0 Å². The zero-order valence-corrected chi connectivity index (χ0v) is 6.63. The highest BCUT2D eigenvalue weighted by Crippen LogP contribution is 2.49. The highest BCUT2D eigenvalue weighted by Gasteiger charge is 2.36. The molecular formula is C8H12S. The van der Waals surface area contributed by atoms with E-state index >= 15 is 0 Å². The van der Waals surface area contributed by atoms with Crippen LogP contribution in [0.2, 0.25) is 0 Å². The number of hydrogen-bond donors (Lipinski definition) is 0. The molecule has 50 valence electrons. The average Bonchev–Trinajstić information content (AvgIpc) is 2.22. The lowest BCUT2D eigenvalue weighted by Crippen LogP contribution is -2.13. The Labute approximate surface area is 58.9 Å². The molecule has 0 aromatic heterocycles. The number of allylic oxidation sites excluding steroid dienone is 1. The molecule has 0 amide bonds. The van der Waals surface area contributed by atoms with Crippen LogP contribution >= 0.6 is 10.5 Å². The molecule has 2 bridgehead atoms. The predicted octanol–water partition coefficient (Wildman–Crippen LogP) is 2.18. The van der Waals surface area contributed by atoms with Crippen molar-refractivity contribution in [3.8, 4) is 0 Å². The molecule has 9 heavy (non-hydrogen) atoms. The van der Waals surface area contributed by atoms with Crippen molar-refractivity contribution in [1.29, 1.82) is 0 Å². The smallest absolute Gasteiger partial charge is 0.00858 e. The monoisotopic (exact) mass is 140 g/mol. The van der Waals surface area contributed by atoms with Gasteiger partial charge in [-0.3, -0.25) is 0 Å². The van der Waals surface area contributed by atoms with Crippen LogP contribution in [0.1, 0.15) is 19.8 Å². The van der Waals surface area contributed by atoms with Gasteiger partial charge in [0.15, 0.2) is 0 Å². The molecule has 1 aliphatic carbocycles. The molecule has 0 aromatic carbocycles. The van der Waals surface area contributed by atoms with E-state index in [-0.39, 0.29) is 0 Å². The number of hydrogen-bond acceptors (Lipinski definition) is 0. The normalized spacial score (nSPS) is 39.2. The second-order valence-corrected chi connectivity index (χ2v) is 5.37. The van der Waals surface area contributed by atoms with Crippen LogP contribution in [-0.2, 0) is 0 Å². The van der Waals surface area contributed by atoms with Gasteiger partial charge >= 0.3 is 0 Å². The molecule has 1 saturated carbocycles. The Kier molecular flexibility index (Phi) is 1.10. The van der Waals surface area contributed by atoms with Gasteiger partial charge in [-0.1, -0.05) is 13.5 Å². The van der Waals surface area contributed by atoms with Gasteiger partial charge in [0.2, 0.25) is 0 Å². The van der Waals surface area contributed by atoms with Crippen molar-refractivity contribution >= 4 is 15.3 Å². The van der Waals surface area contributed by atoms with Crippen LogP contribution in [0.5, 0.6) is 0 Å². The zero-order chi connectivity index (χ0) is 6.43. The molecule has 2 atom stereocenters. The second kappa shape index (κ2) is 1.72. The third-order valence-electron chi connectivity index (χ3n) is 2.31. The summed E-state index contributed by atoms with van der Waals surface area (Å²) in [5.41, 5.74) is 1.48. The Hall–Kier alpha value is -0.0400. The van der Waals surface area contributed by atoms with Gasteiger partial charge < -0.3 is 0 Å². The first-order valence-electron chi connectivity index (χ1n) is 3.56. The minimum Gasteiger partial charge on any atom is -0.179 e. The lowest BCUT2D eigenvalue weighted by molar-refractivity contribution is 0.960. The molecule has 0 aromatic rings. The Morgan fingerprint density at radius 2 is 2.44 bits per heavy atom. The zero-order valence-electron chi connectivity index (χ0n) is 5.81. The summed E-state index contributed by atoms with van der Waals surface area (Å²) >= 11 is 0. The molecule has 1 heteroatoms. The molecule has 2 unspecified atom stereocenters. The summed E-state index contributed by atoms with van der Waals surface area (Å²) in [4.78, 5) is 1.72. The molecule has 0 spiro atoms. The molecule has 0 nitrogen and oxygen atoms in total. The molecule has 2 aliphatic heterocycles. The van der Waals surface area contributed by atoms with Crippen molar-refractivity contribution < 1.29 is 0 Å². The third kappa shape index (κ3) is 0.586. The van der Waals surface area contributed by atoms with Gasteiger partial charge in [-0.15, -0.1) is 0 Å². The van der Waals surface area contributed by atoms with Crippen molar-refractivity contribution in [1.82, 2.24) is 0 Å². The van der Waals surface area contributed by atoms with Gasteiger partial charge in [0.05, 0.1) is 0 Å². The largest absolute Gasteiger partial charge is 0.179 e. The van der Waals surface area contributed by atoms with Gasteiger partial charge in [-0.05, 0) is 29.0 Å². The van der Waals surface area contributed by atoms with Crippen LogP contribution in [0.25, 0.3) is 0 Å². The Morgan fingerprint density at radius 1 is 1.67 bits per heavy atom. The van der Waals surface area contributed by atoms with E-state index < -0.39 is 0 Å². The van der Waals surface area contributed by atoms with Crippen LogP contribution < -0.4 is 0 Å². The molecule has 1 fully saturated rings. The van der Waals surface area contributed by atoms with Crippen molar-refractivity contribution in [2.75, 3.05) is 5.75 Å². The van der Waals surface area contributed by atoms with Crippen LogP contribution in [0.3, 0.4) is 0 Å². The maximum atomic E-state index is 4.04. The minimum atomic E-state index is 0.705. The van der Waals surface area contributed by atoms with Gasteiger partial charge in [0.25, 0.3) is 0 Å². The molecule has 0 radical (unpaired) electrons. The quantitative estimate of drug-likeness (QED) is 0.387. The lowest BCUT2D eigenvalue weighted by atomic mass is 10.3. The summed E-state index contributed by atoms with van der Waals surface area (Å²) in [6.07, 6.45) is 2.72. The molecule has 0 N–H and O–H groups in total. The molecular weight excluding hydrogens is 128 g/mol. The summed E-state index contributed by atoms with van der Waals surface area (Å²) in [6.45, 7) is 6.34. The van der Waals surface area contributed by atoms with E-state index in [1.54, 1.807) is 4.86 Å². The molecule has 3 rings (SSSR count). The van der Waals surface area contributed by atoms with Gasteiger partial charge in [0.1, 0.15) is 0 Å². The maximum absolute atomic E-state index is 4.04. The first kappa shape index (κ1) is 5.72.